The Morgan fingerprint density at radius 3 is 2.80 bits per heavy atom. The number of nitrogens with two attached hydrogens (primary N) is 1. The van der Waals surface area contributed by atoms with Crippen molar-refractivity contribution in [3.63, 3.8) is 0 Å². The Labute approximate surface area is 174 Å². The Morgan fingerprint density at radius 1 is 1.10 bits per heavy atom. The zero-order chi connectivity index (χ0) is 21.3. The fraction of sp³-hybridized carbons (Fsp3) is 0.318. The molecular formula is C22H25N3O5. The van der Waals surface area contributed by atoms with Gasteiger partial charge in [-0.1, -0.05) is 12.1 Å². The Kier molecular flexibility index (Phi) is 7.40. The van der Waals surface area contributed by atoms with Crippen molar-refractivity contribution in [2.75, 3.05) is 32.9 Å². The van der Waals surface area contributed by atoms with E-state index in [4.69, 9.17) is 15.2 Å². The number of rotatable bonds is 4. The van der Waals surface area contributed by atoms with Crippen molar-refractivity contribution < 1.29 is 23.9 Å². The smallest absolute Gasteiger partial charge is 0.251 e. The summed E-state index contributed by atoms with van der Waals surface area (Å²) in [6.07, 6.45) is 0.564. The van der Waals surface area contributed by atoms with Crippen molar-refractivity contribution in [3.05, 3.63) is 64.7 Å². The third-order valence-electron chi connectivity index (χ3n) is 4.58. The summed E-state index contributed by atoms with van der Waals surface area (Å²) in [5.74, 6) is -0.273. The molecule has 0 unspecified atom stereocenters. The normalized spacial score (nSPS) is 14.5. The lowest BCUT2D eigenvalue weighted by molar-refractivity contribution is -0.117. The second-order valence-electron chi connectivity index (χ2n) is 6.89. The van der Waals surface area contributed by atoms with Crippen LogP contribution >= 0.6 is 0 Å². The van der Waals surface area contributed by atoms with Crippen LogP contribution in [0.3, 0.4) is 0 Å². The zero-order valence-corrected chi connectivity index (χ0v) is 16.6. The van der Waals surface area contributed by atoms with Gasteiger partial charge < -0.3 is 25.8 Å². The molecule has 3 rings (SSSR count). The number of benzene rings is 2. The molecule has 30 heavy (non-hydrogen) atoms. The molecular weight excluding hydrogens is 386 g/mol. The highest BCUT2D eigenvalue weighted by Crippen LogP contribution is 2.24. The van der Waals surface area contributed by atoms with Gasteiger partial charge in [0.05, 0.1) is 13.2 Å². The number of ether oxygens (including phenoxy) is 2. The predicted octanol–water partition coefficient (Wildman–Crippen LogP) is 1.02. The lowest BCUT2D eigenvalue weighted by Crippen LogP contribution is -2.28. The van der Waals surface area contributed by atoms with E-state index in [9.17, 15) is 14.4 Å². The molecule has 8 nitrogen and oxygen atoms in total. The molecule has 0 saturated carbocycles. The van der Waals surface area contributed by atoms with Crippen LogP contribution in [-0.2, 0) is 16.0 Å². The first-order valence-corrected chi connectivity index (χ1v) is 9.80. The Morgan fingerprint density at radius 2 is 1.97 bits per heavy atom. The molecule has 0 saturated heterocycles. The second-order valence-corrected chi connectivity index (χ2v) is 6.89. The minimum atomic E-state index is -0.473. The average Bonchev–Trinajstić information content (AvgIpc) is 2.73. The van der Waals surface area contributed by atoms with Crippen molar-refractivity contribution in [1.29, 1.82) is 0 Å². The minimum Gasteiger partial charge on any atom is -0.491 e. The second kappa shape index (κ2) is 10.4. The Bertz CT molecular complexity index is 929. The van der Waals surface area contributed by atoms with Gasteiger partial charge in [-0.25, -0.2) is 0 Å². The molecule has 8 heteroatoms. The van der Waals surface area contributed by atoms with Crippen molar-refractivity contribution in [2.24, 2.45) is 5.73 Å². The van der Waals surface area contributed by atoms with Gasteiger partial charge in [0.2, 0.25) is 5.91 Å². The fourth-order valence-corrected chi connectivity index (χ4v) is 3.09. The van der Waals surface area contributed by atoms with Gasteiger partial charge in [0, 0.05) is 37.1 Å². The fourth-order valence-electron chi connectivity index (χ4n) is 3.09. The van der Waals surface area contributed by atoms with Crippen molar-refractivity contribution in [2.45, 2.75) is 12.8 Å². The zero-order valence-electron chi connectivity index (χ0n) is 16.6. The van der Waals surface area contributed by atoms with E-state index in [1.165, 1.54) is 0 Å². The largest absolute Gasteiger partial charge is 0.491 e. The molecule has 0 spiro atoms. The van der Waals surface area contributed by atoms with E-state index < -0.39 is 5.91 Å². The number of fused-ring (bicyclic) bond motifs is 3. The van der Waals surface area contributed by atoms with Crippen LogP contribution in [0, 0.1) is 0 Å². The molecule has 0 radical (unpaired) electrons. The molecule has 158 valence electrons. The summed E-state index contributed by atoms with van der Waals surface area (Å²) in [6.45, 7) is 1.73. The minimum absolute atomic E-state index is 0.0780. The molecule has 1 aliphatic heterocycles. The maximum Gasteiger partial charge on any atom is 0.251 e. The molecule has 1 heterocycles. The van der Waals surface area contributed by atoms with Crippen LogP contribution in [-0.4, -0.2) is 50.6 Å². The molecule has 2 bridgehead atoms. The maximum absolute atomic E-state index is 12.4. The highest BCUT2D eigenvalue weighted by Gasteiger charge is 2.13. The van der Waals surface area contributed by atoms with E-state index in [0.717, 1.165) is 11.1 Å². The quantitative estimate of drug-likeness (QED) is 0.694. The molecule has 3 amide bonds. The number of carbonyl (C=O) groups excluding carboxylic acids is 3. The van der Waals surface area contributed by atoms with Gasteiger partial charge in [-0.3, -0.25) is 14.4 Å². The summed E-state index contributed by atoms with van der Waals surface area (Å²) in [7, 11) is 0. The topological polar surface area (TPSA) is 120 Å². The van der Waals surface area contributed by atoms with Crippen LogP contribution < -0.4 is 21.1 Å². The molecule has 0 fully saturated rings. The number of nitrogens with one attached hydrogen (secondary N) is 2. The summed E-state index contributed by atoms with van der Waals surface area (Å²) in [5.41, 5.74) is 7.86. The van der Waals surface area contributed by atoms with E-state index >= 15 is 0 Å². The van der Waals surface area contributed by atoms with Gasteiger partial charge >= 0.3 is 0 Å². The molecule has 4 N–H and O–H groups in total. The lowest BCUT2D eigenvalue weighted by atomic mass is 9.99. The van der Waals surface area contributed by atoms with Crippen molar-refractivity contribution in [1.82, 2.24) is 10.6 Å². The van der Waals surface area contributed by atoms with Gasteiger partial charge in [-0.2, -0.15) is 0 Å². The summed E-state index contributed by atoms with van der Waals surface area (Å²) in [5, 5.41) is 5.50. The summed E-state index contributed by atoms with van der Waals surface area (Å²) in [4.78, 5) is 35.6. The maximum atomic E-state index is 12.4. The number of hydrogen-bond acceptors (Lipinski definition) is 5. The number of primary amides is 1. The first kappa shape index (κ1) is 21.3. The van der Waals surface area contributed by atoms with Crippen LogP contribution in [0.4, 0.5) is 0 Å². The van der Waals surface area contributed by atoms with Crippen LogP contribution in [0.1, 0.15) is 38.3 Å². The van der Waals surface area contributed by atoms with Gasteiger partial charge in [0.25, 0.3) is 11.8 Å². The summed E-state index contributed by atoms with van der Waals surface area (Å²) >= 11 is 0. The van der Waals surface area contributed by atoms with Gasteiger partial charge in [-0.05, 0) is 41.5 Å². The van der Waals surface area contributed by atoms with Gasteiger partial charge in [-0.15, -0.1) is 0 Å². The lowest BCUT2D eigenvalue weighted by Gasteiger charge is -2.15. The highest BCUT2D eigenvalue weighted by molar-refractivity contribution is 5.95. The van der Waals surface area contributed by atoms with E-state index in [2.05, 4.69) is 10.6 Å². The van der Waals surface area contributed by atoms with Crippen LogP contribution in [0.2, 0.25) is 0 Å². The Hall–Kier alpha value is -3.39. The molecule has 0 aliphatic carbocycles. The number of hydrogen-bond donors (Lipinski definition) is 3. The SMILES string of the molecule is NC(=O)CCNC(=O)c1ccc2c(c1)Cc1cccc(c1)C(=O)NCCOCCO2. The third kappa shape index (κ3) is 6.05. The summed E-state index contributed by atoms with van der Waals surface area (Å²) in [6, 6.07) is 12.5. The monoisotopic (exact) mass is 411 g/mol. The highest BCUT2D eigenvalue weighted by atomic mass is 16.5. The first-order chi connectivity index (χ1) is 14.5. The standard InChI is InChI=1S/C22H25N3O5/c23-20(26)6-7-24-22(28)17-4-5-19-18(14-17)13-15-2-1-3-16(12-15)21(27)25-8-9-29-10-11-30-19/h1-5,12,14H,6-11,13H2,(H2,23,26)(H,24,28)(H,25,27). The third-order valence-corrected chi connectivity index (χ3v) is 4.58. The van der Waals surface area contributed by atoms with E-state index in [0.29, 0.717) is 49.7 Å². The van der Waals surface area contributed by atoms with Crippen LogP contribution in [0.25, 0.3) is 0 Å². The number of amides is 3. The predicted molar refractivity (Wildman–Crippen MR) is 110 cm³/mol. The van der Waals surface area contributed by atoms with E-state index in [1.807, 2.05) is 18.2 Å². The van der Waals surface area contributed by atoms with Crippen LogP contribution in [0.15, 0.2) is 42.5 Å². The molecule has 0 aromatic heterocycles. The van der Waals surface area contributed by atoms with Gasteiger partial charge in [0.1, 0.15) is 12.4 Å². The Balaban J connectivity index is 1.85. The molecule has 1 aliphatic rings. The molecule has 0 atom stereocenters. The van der Waals surface area contributed by atoms with Crippen LogP contribution in [0.5, 0.6) is 5.75 Å². The van der Waals surface area contributed by atoms with E-state index in [1.54, 1.807) is 24.3 Å². The average molecular weight is 411 g/mol. The van der Waals surface area contributed by atoms with Gasteiger partial charge in [0.15, 0.2) is 0 Å². The molecule has 2 aromatic carbocycles. The van der Waals surface area contributed by atoms with Crippen molar-refractivity contribution in [3.8, 4) is 5.75 Å². The molecule has 2 aromatic rings. The number of carbonyl (C=O) groups is 3. The van der Waals surface area contributed by atoms with E-state index in [-0.39, 0.29) is 24.8 Å². The first-order valence-electron chi connectivity index (χ1n) is 9.80. The van der Waals surface area contributed by atoms with Crippen molar-refractivity contribution >= 4 is 17.7 Å². The summed E-state index contributed by atoms with van der Waals surface area (Å²) < 4.78 is 11.3.